The first-order valence-electron chi connectivity index (χ1n) is 6.73. The molecule has 0 aliphatic carbocycles. The molecule has 0 unspecified atom stereocenters. The average molecular weight is 255 g/mol. The second-order valence-electron chi connectivity index (χ2n) is 5.49. The van der Waals surface area contributed by atoms with Crippen LogP contribution in [0.15, 0.2) is 31.2 Å². The highest BCUT2D eigenvalue weighted by atomic mass is 15.3. The van der Waals surface area contributed by atoms with Crippen LogP contribution in [0, 0.1) is 5.92 Å². The first-order chi connectivity index (χ1) is 9.32. The fourth-order valence-corrected chi connectivity index (χ4v) is 3.39. The summed E-state index contributed by atoms with van der Waals surface area (Å²) in [5.41, 5.74) is 1.13. The summed E-state index contributed by atoms with van der Waals surface area (Å²) in [4.78, 5) is 14.2. The Morgan fingerprint density at radius 1 is 1.47 bits per heavy atom. The normalized spacial score (nSPS) is 29.9. The largest absolute Gasteiger partial charge is 0.354 e. The molecule has 2 saturated heterocycles. The van der Waals surface area contributed by atoms with E-state index in [1.165, 1.54) is 0 Å². The summed E-state index contributed by atoms with van der Waals surface area (Å²) in [6.07, 6.45) is 6.80. The summed E-state index contributed by atoms with van der Waals surface area (Å²) in [7, 11) is 0. The molecule has 19 heavy (non-hydrogen) atoms. The molecular weight excluding hydrogens is 238 g/mol. The fourth-order valence-electron chi connectivity index (χ4n) is 3.39. The molecule has 0 aromatic carbocycles. The highest BCUT2D eigenvalue weighted by molar-refractivity contribution is 5.87. The fraction of sp³-hybridized carbons (Fsp3) is 0.429. The SMILES string of the molecule is C=C[C@H]1CN[C@]12CCN(c1ncnc3[nH]ccc13)C2. The quantitative estimate of drug-likeness (QED) is 0.795. The van der Waals surface area contributed by atoms with E-state index in [-0.39, 0.29) is 5.54 Å². The van der Waals surface area contributed by atoms with Gasteiger partial charge in [0.1, 0.15) is 17.8 Å². The second-order valence-corrected chi connectivity index (χ2v) is 5.49. The Labute approximate surface area is 111 Å². The molecule has 5 heteroatoms. The predicted molar refractivity (Wildman–Crippen MR) is 75.1 cm³/mol. The van der Waals surface area contributed by atoms with Crippen LogP contribution in [0.5, 0.6) is 0 Å². The Balaban J connectivity index is 1.68. The Kier molecular flexibility index (Phi) is 2.20. The summed E-state index contributed by atoms with van der Waals surface area (Å²) in [5, 5.41) is 4.70. The van der Waals surface area contributed by atoms with Gasteiger partial charge in [-0.2, -0.15) is 0 Å². The van der Waals surface area contributed by atoms with Crippen molar-refractivity contribution in [1.82, 2.24) is 20.3 Å². The van der Waals surface area contributed by atoms with E-state index in [0.29, 0.717) is 5.92 Å². The monoisotopic (exact) mass is 255 g/mol. The van der Waals surface area contributed by atoms with E-state index < -0.39 is 0 Å². The first kappa shape index (κ1) is 11.0. The molecule has 2 fully saturated rings. The minimum Gasteiger partial charge on any atom is -0.354 e. The maximum absolute atomic E-state index is 4.48. The van der Waals surface area contributed by atoms with Crippen molar-refractivity contribution in [3.63, 3.8) is 0 Å². The molecular formula is C14H17N5. The van der Waals surface area contributed by atoms with E-state index in [4.69, 9.17) is 0 Å². The van der Waals surface area contributed by atoms with Gasteiger partial charge in [0.25, 0.3) is 0 Å². The summed E-state index contributed by atoms with van der Waals surface area (Å²) in [6.45, 7) is 7.05. The number of H-pyrrole nitrogens is 1. The molecule has 0 radical (unpaired) electrons. The zero-order chi connectivity index (χ0) is 12.9. The number of anilines is 1. The minimum absolute atomic E-state index is 0.218. The van der Waals surface area contributed by atoms with E-state index in [1.807, 2.05) is 6.20 Å². The molecule has 1 spiro atoms. The summed E-state index contributed by atoms with van der Waals surface area (Å²) in [5.74, 6) is 1.63. The van der Waals surface area contributed by atoms with Crippen molar-refractivity contribution in [3.8, 4) is 0 Å². The smallest absolute Gasteiger partial charge is 0.142 e. The van der Waals surface area contributed by atoms with Gasteiger partial charge in [0, 0.05) is 37.3 Å². The average Bonchev–Trinajstić information content (AvgIpc) is 3.05. The maximum atomic E-state index is 4.48. The number of hydrogen-bond donors (Lipinski definition) is 2. The van der Waals surface area contributed by atoms with Crippen LogP contribution < -0.4 is 10.2 Å². The molecule has 2 aliphatic rings. The van der Waals surface area contributed by atoms with Gasteiger partial charge in [-0.1, -0.05) is 6.08 Å². The predicted octanol–water partition coefficient (Wildman–Crippen LogP) is 1.31. The lowest BCUT2D eigenvalue weighted by atomic mass is 9.76. The zero-order valence-electron chi connectivity index (χ0n) is 10.8. The molecule has 2 aliphatic heterocycles. The van der Waals surface area contributed by atoms with E-state index in [2.05, 4.69) is 43.9 Å². The van der Waals surface area contributed by atoms with Gasteiger partial charge in [0.05, 0.1) is 5.39 Å². The molecule has 4 heterocycles. The van der Waals surface area contributed by atoms with Gasteiger partial charge in [0.2, 0.25) is 0 Å². The molecule has 5 nitrogen and oxygen atoms in total. The summed E-state index contributed by atoms with van der Waals surface area (Å²) in [6, 6.07) is 2.05. The van der Waals surface area contributed by atoms with Crippen molar-refractivity contribution in [2.75, 3.05) is 24.5 Å². The van der Waals surface area contributed by atoms with E-state index in [9.17, 15) is 0 Å². The number of nitrogens with zero attached hydrogens (tertiary/aromatic N) is 3. The van der Waals surface area contributed by atoms with Crippen molar-refractivity contribution >= 4 is 16.9 Å². The molecule has 98 valence electrons. The van der Waals surface area contributed by atoms with Crippen LogP contribution in [0.25, 0.3) is 11.0 Å². The van der Waals surface area contributed by atoms with Crippen molar-refractivity contribution in [1.29, 1.82) is 0 Å². The van der Waals surface area contributed by atoms with E-state index >= 15 is 0 Å². The Morgan fingerprint density at radius 2 is 2.42 bits per heavy atom. The van der Waals surface area contributed by atoms with Gasteiger partial charge in [-0.15, -0.1) is 6.58 Å². The van der Waals surface area contributed by atoms with Gasteiger partial charge in [-0.25, -0.2) is 9.97 Å². The number of aromatic nitrogens is 3. The molecule has 2 N–H and O–H groups in total. The van der Waals surface area contributed by atoms with Crippen molar-refractivity contribution < 1.29 is 0 Å². The molecule has 0 amide bonds. The second kappa shape index (κ2) is 3.81. The molecule has 2 aromatic heterocycles. The lowest BCUT2D eigenvalue weighted by molar-refractivity contribution is 0.163. The summed E-state index contributed by atoms with van der Waals surface area (Å²) >= 11 is 0. The van der Waals surface area contributed by atoms with Crippen LogP contribution in [-0.4, -0.2) is 40.1 Å². The van der Waals surface area contributed by atoms with Gasteiger partial charge in [-0.05, 0) is 12.5 Å². The van der Waals surface area contributed by atoms with Gasteiger partial charge in [0.15, 0.2) is 0 Å². The number of rotatable bonds is 2. The Hall–Kier alpha value is -1.88. The van der Waals surface area contributed by atoms with Crippen LogP contribution in [0.1, 0.15) is 6.42 Å². The van der Waals surface area contributed by atoms with Crippen molar-refractivity contribution in [3.05, 3.63) is 31.2 Å². The number of hydrogen-bond acceptors (Lipinski definition) is 4. The van der Waals surface area contributed by atoms with E-state index in [0.717, 1.165) is 42.9 Å². The van der Waals surface area contributed by atoms with Crippen LogP contribution in [0.3, 0.4) is 0 Å². The minimum atomic E-state index is 0.218. The molecule has 0 bridgehead atoms. The number of fused-ring (bicyclic) bond motifs is 1. The Bertz CT molecular complexity index is 634. The van der Waals surface area contributed by atoms with Crippen LogP contribution in [0.2, 0.25) is 0 Å². The standard InChI is InChI=1S/C14H17N5/c1-2-10-7-18-14(10)4-6-19(8-14)13-11-3-5-15-12(11)16-9-17-13/h2-3,5,9-10,18H,1,4,6-8H2,(H,15,16,17)/t10-,14-/m0/s1. The first-order valence-corrected chi connectivity index (χ1v) is 6.73. The maximum Gasteiger partial charge on any atom is 0.142 e. The third-order valence-electron chi connectivity index (χ3n) is 4.60. The van der Waals surface area contributed by atoms with Gasteiger partial charge in [-0.3, -0.25) is 0 Å². The highest BCUT2D eigenvalue weighted by Gasteiger charge is 2.49. The van der Waals surface area contributed by atoms with Gasteiger partial charge >= 0.3 is 0 Å². The molecule has 2 atom stereocenters. The molecule has 4 rings (SSSR count). The number of aromatic amines is 1. The van der Waals surface area contributed by atoms with Crippen LogP contribution in [0.4, 0.5) is 5.82 Å². The van der Waals surface area contributed by atoms with E-state index in [1.54, 1.807) is 6.33 Å². The molecule has 2 aromatic rings. The highest BCUT2D eigenvalue weighted by Crippen LogP contribution is 2.38. The summed E-state index contributed by atoms with van der Waals surface area (Å²) < 4.78 is 0. The topological polar surface area (TPSA) is 56.8 Å². The lowest BCUT2D eigenvalue weighted by Crippen LogP contribution is -2.65. The molecule has 0 saturated carbocycles. The van der Waals surface area contributed by atoms with Gasteiger partial charge < -0.3 is 15.2 Å². The van der Waals surface area contributed by atoms with Crippen molar-refractivity contribution in [2.24, 2.45) is 5.92 Å². The third-order valence-corrected chi connectivity index (χ3v) is 4.60. The number of nitrogens with one attached hydrogen (secondary N) is 2. The lowest BCUT2D eigenvalue weighted by Gasteiger charge is -2.47. The zero-order valence-corrected chi connectivity index (χ0v) is 10.8. The third kappa shape index (κ3) is 1.45. The van der Waals surface area contributed by atoms with Crippen LogP contribution in [-0.2, 0) is 0 Å². The van der Waals surface area contributed by atoms with Crippen LogP contribution >= 0.6 is 0 Å². The Morgan fingerprint density at radius 3 is 3.21 bits per heavy atom. The van der Waals surface area contributed by atoms with Crippen molar-refractivity contribution in [2.45, 2.75) is 12.0 Å².